The van der Waals surface area contributed by atoms with Gasteiger partial charge in [-0.15, -0.1) is 0 Å². The number of rotatable bonds is 1. The highest BCUT2D eigenvalue weighted by Gasteiger charge is 2.22. The number of ether oxygens (including phenoxy) is 1. The maximum absolute atomic E-state index is 11.2. The number of hydrogen-bond acceptors (Lipinski definition) is 3. The molecule has 4 heteroatoms. The van der Waals surface area contributed by atoms with Crippen molar-refractivity contribution in [2.75, 3.05) is 7.11 Å². The third-order valence-electron chi connectivity index (χ3n) is 2.22. The minimum Gasteiger partial charge on any atom is -0.496 e. The molecule has 2 rings (SSSR count). The Kier molecular flexibility index (Phi) is 1.96. The van der Waals surface area contributed by atoms with Crippen LogP contribution < -0.4 is 10.1 Å². The Bertz CT molecular complexity index is 413. The smallest absolute Gasteiger partial charge is 0.230 e. The SMILES string of the molecule is COc1cccc2c1CC(=O)NC2=N. The van der Waals surface area contributed by atoms with Crippen molar-refractivity contribution >= 4 is 11.7 Å². The van der Waals surface area contributed by atoms with E-state index in [0.717, 1.165) is 11.1 Å². The third-order valence-corrected chi connectivity index (χ3v) is 2.22. The van der Waals surface area contributed by atoms with Gasteiger partial charge >= 0.3 is 0 Å². The number of nitrogens with one attached hydrogen (secondary N) is 2. The summed E-state index contributed by atoms with van der Waals surface area (Å²) in [7, 11) is 1.56. The normalized spacial score (nSPS) is 14.6. The molecule has 1 aliphatic heterocycles. The Morgan fingerprint density at radius 1 is 1.50 bits per heavy atom. The lowest BCUT2D eigenvalue weighted by Gasteiger charge is -2.19. The van der Waals surface area contributed by atoms with Crippen LogP contribution in [0.3, 0.4) is 0 Å². The van der Waals surface area contributed by atoms with Crippen molar-refractivity contribution in [1.82, 2.24) is 5.32 Å². The van der Waals surface area contributed by atoms with Gasteiger partial charge in [-0.05, 0) is 6.07 Å². The van der Waals surface area contributed by atoms with Crippen molar-refractivity contribution in [3.8, 4) is 5.75 Å². The first-order valence-electron chi connectivity index (χ1n) is 4.27. The minimum atomic E-state index is -0.160. The molecule has 1 aromatic carbocycles. The van der Waals surface area contributed by atoms with Crippen LogP contribution in [0.2, 0.25) is 0 Å². The van der Waals surface area contributed by atoms with Crippen LogP contribution >= 0.6 is 0 Å². The molecule has 2 N–H and O–H groups in total. The van der Waals surface area contributed by atoms with Crippen molar-refractivity contribution < 1.29 is 9.53 Å². The molecule has 0 fully saturated rings. The summed E-state index contributed by atoms with van der Waals surface area (Å²) in [6.45, 7) is 0. The average Bonchev–Trinajstić information content (AvgIpc) is 2.17. The van der Waals surface area contributed by atoms with Crippen LogP contribution in [0.15, 0.2) is 18.2 Å². The molecule has 0 saturated carbocycles. The van der Waals surface area contributed by atoms with Gasteiger partial charge in [-0.2, -0.15) is 0 Å². The summed E-state index contributed by atoms with van der Waals surface area (Å²) in [6, 6.07) is 5.41. The van der Waals surface area contributed by atoms with Crippen molar-refractivity contribution in [2.24, 2.45) is 0 Å². The highest BCUT2D eigenvalue weighted by molar-refractivity contribution is 6.11. The van der Waals surface area contributed by atoms with E-state index in [2.05, 4.69) is 5.32 Å². The van der Waals surface area contributed by atoms with Gasteiger partial charge < -0.3 is 10.1 Å². The van der Waals surface area contributed by atoms with E-state index in [0.29, 0.717) is 5.75 Å². The van der Waals surface area contributed by atoms with E-state index < -0.39 is 0 Å². The maximum atomic E-state index is 11.2. The Labute approximate surface area is 81.4 Å². The van der Waals surface area contributed by atoms with E-state index in [1.165, 1.54) is 0 Å². The second kappa shape index (κ2) is 3.14. The summed E-state index contributed by atoms with van der Waals surface area (Å²) in [5.74, 6) is 0.657. The number of hydrogen-bond donors (Lipinski definition) is 2. The molecule has 0 saturated heterocycles. The van der Waals surface area contributed by atoms with Crippen LogP contribution in [-0.2, 0) is 11.2 Å². The van der Waals surface area contributed by atoms with Crippen molar-refractivity contribution in [2.45, 2.75) is 6.42 Å². The van der Waals surface area contributed by atoms with E-state index in [1.807, 2.05) is 6.07 Å². The second-order valence-corrected chi connectivity index (χ2v) is 3.09. The van der Waals surface area contributed by atoms with Gasteiger partial charge in [0, 0.05) is 11.1 Å². The number of amides is 1. The standard InChI is InChI=1S/C10H10N2O2/c1-14-8-4-2-3-6-7(8)5-9(13)12-10(6)11/h2-4H,5H2,1H3,(H2,11,12,13). The molecule has 0 bridgehead atoms. The number of methoxy groups -OCH3 is 1. The van der Waals surface area contributed by atoms with Gasteiger partial charge in [-0.3, -0.25) is 10.2 Å². The quantitative estimate of drug-likeness (QED) is 0.684. The zero-order chi connectivity index (χ0) is 10.1. The molecular formula is C10H10N2O2. The molecule has 1 aromatic rings. The Balaban J connectivity index is 2.58. The number of carbonyl (C=O) groups is 1. The lowest BCUT2D eigenvalue weighted by Crippen LogP contribution is -2.37. The van der Waals surface area contributed by atoms with Gasteiger partial charge in [-0.1, -0.05) is 12.1 Å². The minimum absolute atomic E-state index is 0.148. The lowest BCUT2D eigenvalue weighted by atomic mass is 9.98. The molecular weight excluding hydrogens is 180 g/mol. The Morgan fingerprint density at radius 2 is 2.29 bits per heavy atom. The van der Waals surface area contributed by atoms with E-state index in [1.54, 1.807) is 19.2 Å². The molecule has 14 heavy (non-hydrogen) atoms. The summed E-state index contributed by atoms with van der Waals surface area (Å²) in [4.78, 5) is 11.2. The molecule has 1 heterocycles. The summed E-state index contributed by atoms with van der Waals surface area (Å²) >= 11 is 0. The van der Waals surface area contributed by atoms with Gasteiger partial charge in [0.1, 0.15) is 11.6 Å². The number of amidine groups is 1. The van der Waals surface area contributed by atoms with Gasteiger partial charge in [0.25, 0.3) is 0 Å². The van der Waals surface area contributed by atoms with Crippen LogP contribution in [0.25, 0.3) is 0 Å². The number of benzene rings is 1. The van der Waals surface area contributed by atoms with E-state index >= 15 is 0 Å². The van der Waals surface area contributed by atoms with Gasteiger partial charge in [-0.25, -0.2) is 0 Å². The van der Waals surface area contributed by atoms with Gasteiger partial charge in [0.05, 0.1) is 13.5 Å². The molecule has 0 radical (unpaired) electrons. The first kappa shape index (κ1) is 8.74. The van der Waals surface area contributed by atoms with Crippen LogP contribution in [0, 0.1) is 5.41 Å². The zero-order valence-electron chi connectivity index (χ0n) is 7.76. The highest BCUT2D eigenvalue weighted by Crippen LogP contribution is 2.24. The van der Waals surface area contributed by atoms with Crippen LogP contribution in [0.4, 0.5) is 0 Å². The summed E-state index contributed by atoms with van der Waals surface area (Å²) in [5, 5.41) is 10.1. The number of fused-ring (bicyclic) bond motifs is 1. The van der Waals surface area contributed by atoms with E-state index in [9.17, 15) is 4.79 Å². The first-order chi connectivity index (χ1) is 6.72. The average molecular weight is 190 g/mol. The summed E-state index contributed by atoms with van der Waals surface area (Å²) in [5.41, 5.74) is 1.53. The molecule has 72 valence electrons. The Morgan fingerprint density at radius 3 is 3.00 bits per heavy atom. The summed E-state index contributed by atoms with van der Waals surface area (Å²) in [6.07, 6.45) is 0.279. The molecule has 0 aromatic heterocycles. The predicted molar refractivity (Wildman–Crippen MR) is 51.7 cm³/mol. The van der Waals surface area contributed by atoms with Crippen LogP contribution in [-0.4, -0.2) is 18.9 Å². The van der Waals surface area contributed by atoms with E-state index in [4.69, 9.17) is 10.1 Å². The van der Waals surface area contributed by atoms with Crippen molar-refractivity contribution in [1.29, 1.82) is 5.41 Å². The number of carbonyl (C=O) groups excluding carboxylic acids is 1. The zero-order valence-corrected chi connectivity index (χ0v) is 7.76. The molecule has 1 aliphatic rings. The molecule has 1 amide bonds. The fourth-order valence-electron chi connectivity index (χ4n) is 1.58. The molecule has 0 aliphatic carbocycles. The van der Waals surface area contributed by atoms with Gasteiger partial charge in [0.15, 0.2) is 0 Å². The van der Waals surface area contributed by atoms with Crippen LogP contribution in [0.1, 0.15) is 11.1 Å². The lowest BCUT2D eigenvalue weighted by molar-refractivity contribution is -0.119. The fourth-order valence-corrected chi connectivity index (χ4v) is 1.58. The molecule has 0 unspecified atom stereocenters. The van der Waals surface area contributed by atoms with Gasteiger partial charge in [0.2, 0.25) is 5.91 Å². The molecule has 0 atom stereocenters. The topological polar surface area (TPSA) is 62.2 Å². The monoisotopic (exact) mass is 190 g/mol. The first-order valence-corrected chi connectivity index (χ1v) is 4.27. The Hall–Kier alpha value is -1.84. The van der Waals surface area contributed by atoms with Crippen molar-refractivity contribution in [3.63, 3.8) is 0 Å². The van der Waals surface area contributed by atoms with E-state index in [-0.39, 0.29) is 18.2 Å². The van der Waals surface area contributed by atoms with Crippen molar-refractivity contribution in [3.05, 3.63) is 29.3 Å². The predicted octanol–water partition coefficient (Wildman–Crippen LogP) is 0.693. The second-order valence-electron chi connectivity index (χ2n) is 3.09. The summed E-state index contributed by atoms with van der Waals surface area (Å²) < 4.78 is 5.13. The fraction of sp³-hybridized carbons (Fsp3) is 0.200. The molecule has 4 nitrogen and oxygen atoms in total. The third kappa shape index (κ3) is 1.25. The maximum Gasteiger partial charge on any atom is 0.230 e. The largest absolute Gasteiger partial charge is 0.496 e. The molecule has 0 spiro atoms. The van der Waals surface area contributed by atoms with Crippen LogP contribution in [0.5, 0.6) is 5.75 Å². The highest BCUT2D eigenvalue weighted by atomic mass is 16.5.